The molecule has 0 saturated carbocycles. The Bertz CT molecular complexity index is 647. The Hall–Kier alpha value is -0.820. The van der Waals surface area contributed by atoms with Crippen molar-refractivity contribution < 1.29 is 41.0 Å². The molecule has 0 radical (unpaired) electrons. The zero-order valence-electron chi connectivity index (χ0n) is 14.8. The van der Waals surface area contributed by atoms with E-state index >= 15 is 0 Å². The molecule has 3 aliphatic rings. The van der Waals surface area contributed by atoms with Crippen molar-refractivity contribution in [3.8, 4) is 0 Å². The van der Waals surface area contributed by atoms with Crippen LogP contribution in [0.5, 0.6) is 0 Å². The highest BCUT2D eigenvalue weighted by atomic mass is 32.2. The molecule has 0 aliphatic carbocycles. The number of hydrogen-bond donors (Lipinski definition) is 0. The Labute approximate surface area is 146 Å². The Balaban J connectivity index is 1.81. The van der Waals surface area contributed by atoms with E-state index in [9.17, 15) is 8.42 Å². The lowest BCUT2D eigenvalue weighted by molar-refractivity contribution is -0.290. The fraction of sp³-hybridized carbons (Fsp3) is 0.929. The van der Waals surface area contributed by atoms with Gasteiger partial charge in [0.15, 0.2) is 18.0 Å². The van der Waals surface area contributed by atoms with Gasteiger partial charge in [-0.25, -0.2) is 4.18 Å². The summed E-state index contributed by atoms with van der Waals surface area (Å²) in [6, 6.07) is 0. The van der Waals surface area contributed by atoms with Gasteiger partial charge in [0.25, 0.3) is 0 Å². The molecular weight excluding hydrogens is 358 g/mol. The molecule has 0 aromatic carbocycles. The molecule has 10 nitrogen and oxygen atoms in total. The van der Waals surface area contributed by atoms with Crippen LogP contribution in [0.2, 0.25) is 0 Å². The number of ether oxygens (including phenoxy) is 6. The number of hydrogen-bond acceptors (Lipinski definition) is 9. The third-order valence-electron chi connectivity index (χ3n) is 3.96. The van der Waals surface area contributed by atoms with E-state index in [0.717, 1.165) is 6.40 Å². The fourth-order valence-electron chi connectivity index (χ4n) is 3.23. The van der Waals surface area contributed by atoms with Gasteiger partial charge in [0.05, 0.1) is 13.7 Å². The highest BCUT2D eigenvalue weighted by Crippen LogP contribution is 2.47. The van der Waals surface area contributed by atoms with Crippen molar-refractivity contribution in [1.29, 1.82) is 0 Å². The van der Waals surface area contributed by atoms with Crippen LogP contribution in [0.1, 0.15) is 27.7 Å². The second kappa shape index (κ2) is 6.12. The Morgan fingerprint density at radius 1 is 1.16 bits per heavy atom. The maximum Gasteiger partial charge on any atom is 0.383 e. The molecule has 11 heteroatoms. The van der Waals surface area contributed by atoms with E-state index < -0.39 is 46.5 Å². The third kappa shape index (κ3) is 3.82. The summed E-state index contributed by atoms with van der Waals surface area (Å²) in [5.74, 6) is -3.27. The lowest BCUT2D eigenvalue weighted by atomic mass is 9.98. The zero-order valence-corrected chi connectivity index (χ0v) is 15.6. The van der Waals surface area contributed by atoms with Crippen molar-refractivity contribution in [3.05, 3.63) is 0 Å². The van der Waals surface area contributed by atoms with Gasteiger partial charge in [0.1, 0.15) is 24.9 Å². The molecule has 3 fully saturated rings. The molecule has 3 aliphatic heterocycles. The van der Waals surface area contributed by atoms with Crippen LogP contribution in [0.4, 0.5) is 0 Å². The van der Waals surface area contributed by atoms with Crippen LogP contribution in [0.25, 0.3) is 0 Å². The topological polar surface area (TPSA) is 111 Å². The van der Waals surface area contributed by atoms with Crippen molar-refractivity contribution in [3.63, 3.8) is 0 Å². The second-order valence-electron chi connectivity index (χ2n) is 6.94. The van der Waals surface area contributed by atoms with Gasteiger partial charge >= 0.3 is 10.3 Å². The van der Waals surface area contributed by atoms with Crippen molar-refractivity contribution in [2.45, 2.75) is 63.4 Å². The van der Waals surface area contributed by atoms with E-state index in [4.69, 9.17) is 27.9 Å². The van der Waals surface area contributed by atoms with Gasteiger partial charge in [-0.2, -0.15) is 8.42 Å². The van der Waals surface area contributed by atoms with Gasteiger partial charge in [0.2, 0.25) is 5.79 Å². The minimum absolute atomic E-state index is 0.148. The maximum atomic E-state index is 11.8. The lowest BCUT2D eigenvalue weighted by Gasteiger charge is -2.40. The highest BCUT2D eigenvalue weighted by Gasteiger charge is 2.65. The average Bonchev–Trinajstić information content (AvgIpc) is 2.95. The van der Waals surface area contributed by atoms with Crippen LogP contribution >= 0.6 is 0 Å². The summed E-state index contributed by atoms with van der Waals surface area (Å²) in [6.45, 7) is 6.67. The predicted octanol–water partition coefficient (Wildman–Crippen LogP) is 0.321. The van der Waals surface area contributed by atoms with Gasteiger partial charge < -0.3 is 28.4 Å². The van der Waals surface area contributed by atoms with Crippen LogP contribution in [-0.4, -0.2) is 70.8 Å². The van der Waals surface area contributed by atoms with Gasteiger partial charge in [-0.1, -0.05) is 0 Å². The van der Waals surface area contributed by atoms with Crippen LogP contribution in [0, 0.1) is 0 Å². The highest BCUT2D eigenvalue weighted by molar-refractivity contribution is 7.85. The molecule has 0 spiro atoms. The summed E-state index contributed by atoms with van der Waals surface area (Å²) >= 11 is 0. The summed E-state index contributed by atoms with van der Waals surface area (Å²) < 4.78 is 65.5. The lowest BCUT2D eigenvalue weighted by Crippen LogP contribution is -2.60. The molecule has 3 heterocycles. The first kappa shape index (κ1) is 19.0. The molecule has 0 amide bonds. The summed E-state index contributed by atoms with van der Waals surface area (Å²) in [4.78, 5) is 0. The van der Waals surface area contributed by atoms with Gasteiger partial charge in [-0.05, 0) is 27.7 Å². The normalized spacial score (nSPS) is 39.3. The number of fused-ring (bicyclic) bond motifs is 3. The monoisotopic (exact) mass is 381 g/mol. The van der Waals surface area contributed by atoms with E-state index in [1.807, 2.05) is 0 Å². The van der Waals surface area contributed by atoms with Crippen LogP contribution in [0.3, 0.4) is 0 Å². The minimum Gasteiger partial charge on any atom is -0.486 e. The Kier molecular flexibility index (Phi) is 4.64. The second-order valence-corrected chi connectivity index (χ2v) is 8.24. The first-order valence-corrected chi connectivity index (χ1v) is 9.18. The molecule has 25 heavy (non-hydrogen) atoms. The third-order valence-corrected chi connectivity index (χ3v) is 4.72. The Morgan fingerprint density at radius 3 is 2.56 bits per heavy atom. The smallest absolute Gasteiger partial charge is 0.383 e. The molecule has 0 N–H and O–H groups in total. The summed E-state index contributed by atoms with van der Waals surface area (Å²) in [7, 11) is -2.94. The molecule has 3 saturated heterocycles. The van der Waals surface area contributed by atoms with E-state index in [0.29, 0.717) is 0 Å². The average molecular weight is 381 g/mol. The summed E-state index contributed by atoms with van der Waals surface area (Å²) in [6.07, 6.45) is -0.813. The van der Waals surface area contributed by atoms with Gasteiger partial charge in [0, 0.05) is 0 Å². The van der Waals surface area contributed by atoms with E-state index in [1.54, 1.807) is 27.7 Å². The molecule has 0 unspecified atom stereocenters. The molecular formula is C14H23NO9S. The standard InChI is InChI=1S/C14H23NO9S/c1-12(2)21-9-6-19-14(7-20-25(16,17)15-8-18-5)11(10(9)22-12)23-13(3,4)24-14/h8-11H,6-7H2,1-5H3/b15-8+/t9-,10-,11+,14+/m1/s1. The molecule has 144 valence electrons. The van der Waals surface area contributed by atoms with Crippen molar-refractivity contribution in [2.75, 3.05) is 20.3 Å². The molecule has 4 atom stereocenters. The van der Waals surface area contributed by atoms with Gasteiger partial charge in [-0.15, -0.1) is 4.40 Å². The summed E-state index contributed by atoms with van der Waals surface area (Å²) in [5, 5.41) is 0. The molecule has 3 rings (SSSR count). The van der Waals surface area contributed by atoms with E-state index in [1.165, 1.54) is 7.11 Å². The Morgan fingerprint density at radius 2 is 1.88 bits per heavy atom. The van der Waals surface area contributed by atoms with Crippen molar-refractivity contribution in [2.24, 2.45) is 4.40 Å². The quantitative estimate of drug-likeness (QED) is 0.491. The first-order chi connectivity index (χ1) is 11.5. The van der Waals surface area contributed by atoms with E-state index in [-0.39, 0.29) is 12.7 Å². The first-order valence-electron chi connectivity index (χ1n) is 7.81. The van der Waals surface area contributed by atoms with Crippen LogP contribution in [0.15, 0.2) is 4.40 Å². The molecule has 0 aromatic rings. The van der Waals surface area contributed by atoms with Crippen molar-refractivity contribution >= 4 is 16.7 Å². The fourth-order valence-corrected chi connectivity index (χ4v) is 3.80. The van der Waals surface area contributed by atoms with Crippen LogP contribution in [-0.2, 0) is 42.9 Å². The number of nitrogens with zero attached hydrogens (tertiary/aromatic N) is 1. The number of rotatable bonds is 5. The van der Waals surface area contributed by atoms with Gasteiger partial charge in [-0.3, -0.25) is 0 Å². The summed E-state index contributed by atoms with van der Waals surface area (Å²) in [5.41, 5.74) is 0. The van der Waals surface area contributed by atoms with E-state index in [2.05, 4.69) is 9.13 Å². The van der Waals surface area contributed by atoms with Crippen molar-refractivity contribution in [1.82, 2.24) is 0 Å². The number of methoxy groups -OCH3 is 1. The SMILES string of the molecule is CO/C=N/S(=O)(=O)OC[C@@]12OC[C@H]3OC(C)(C)O[C@H]3[C@@H]1OC(C)(C)O2. The maximum absolute atomic E-state index is 11.8. The minimum atomic E-state index is -4.21. The zero-order chi connectivity index (χ0) is 18.5. The largest absolute Gasteiger partial charge is 0.486 e. The molecule has 0 bridgehead atoms. The molecule has 0 aromatic heterocycles. The predicted molar refractivity (Wildman–Crippen MR) is 82.9 cm³/mol. The van der Waals surface area contributed by atoms with Crippen LogP contribution < -0.4 is 0 Å².